The van der Waals surface area contributed by atoms with Gasteiger partial charge < -0.3 is 4.90 Å². The molecule has 0 radical (unpaired) electrons. The van der Waals surface area contributed by atoms with Gasteiger partial charge >= 0.3 is 0 Å². The van der Waals surface area contributed by atoms with E-state index in [4.69, 9.17) is 5.26 Å². The minimum atomic E-state index is -3.18. The summed E-state index contributed by atoms with van der Waals surface area (Å²) in [6.07, 6.45) is 4.59. The van der Waals surface area contributed by atoms with Crippen molar-refractivity contribution in [2.45, 2.75) is 18.9 Å². The van der Waals surface area contributed by atoms with Gasteiger partial charge in [0, 0.05) is 19.1 Å². The van der Waals surface area contributed by atoms with Crippen LogP contribution in [0, 0.1) is 11.3 Å². The molecule has 0 aromatic carbocycles. The number of hydrogen-bond donors (Lipinski definition) is 1. The molecule has 1 atom stereocenters. The molecule has 0 saturated carbocycles. The first-order valence-electron chi connectivity index (χ1n) is 6.06. The van der Waals surface area contributed by atoms with Crippen molar-refractivity contribution in [3.8, 4) is 6.07 Å². The summed E-state index contributed by atoms with van der Waals surface area (Å²) in [6, 6.07) is 5.42. The van der Waals surface area contributed by atoms with Gasteiger partial charge in [-0.05, 0) is 25.0 Å². The normalized spacial score (nSPS) is 20.0. The third-order valence-corrected chi connectivity index (χ3v) is 3.79. The second-order valence-electron chi connectivity index (χ2n) is 4.69. The maximum atomic E-state index is 11.2. The molecular weight excluding hydrogens is 264 g/mol. The van der Waals surface area contributed by atoms with E-state index in [9.17, 15) is 8.42 Å². The zero-order chi connectivity index (χ0) is 13.9. The van der Waals surface area contributed by atoms with Crippen LogP contribution in [0.2, 0.25) is 0 Å². The van der Waals surface area contributed by atoms with Crippen molar-refractivity contribution < 1.29 is 8.42 Å². The summed E-state index contributed by atoms with van der Waals surface area (Å²) in [7, 11) is -3.18. The fourth-order valence-electron chi connectivity index (χ4n) is 2.25. The number of nitrogens with zero attached hydrogens (tertiary/aromatic N) is 3. The highest BCUT2D eigenvalue weighted by atomic mass is 32.2. The Balaban J connectivity index is 2.06. The highest BCUT2D eigenvalue weighted by Gasteiger charge is 2.22. The lowest BCUT2D eigenvalue weighted by atomic mass is 10.1. The second-order valence-corrected chi connectivity index (χ2v) is 6.47. The van der Waals surface area contributed by atoms with Crippen molar-refractivity contribution >= 4 is 15.7 Å². The Hall–Kier alpha value is -1.65. The van der Waals surface area contributed by atoms with E-state index in [1.807, 2.05) is 12.1 Å². The number of hydrogen-bond acceptors (Lipinski definition) is 5. The number of piperidine rings is 1. The van der Waals surface area contributed by atoms with Gasteiger partial charge in [-0.2, -0.15) is 5.26 Å². The topological polar surface area (TPSA) is 86.1 Å². The van der Waals surface area contributed by atoms with Gasteiger partial charge in [-0.25, -0.2) is 18.1 Å². The lowest BCUT2D eigenvalue weighted by molar-refractivity contribution is 0.467. The van der Waals surface area contributed by atoms with Gasteiger partial charge in [0.1, 0.15) is 11.8 Å². The fourth-order valence-corrected chi connectivity index (χ4v) is 3.05. The van der Waals surface area contributed by atoms with Crippen LogP contribution >= 0.6 is 0 Å². The van der Waals surface area contributed by atoms with E-state index < -0.39 is 10.0 Å². The summed E-state index contributed by atoms with van der Waals surface area (Å²) < 4.78 is 25.1. The Morgan fingerprint density at radius 1 is 1.53 bits per heavy atom. The SMILES string of the molecule is CS(=O)(=O)NC1CCCN(c2ccc(C#N)nc2)C1. The Bertz CT molecular complexity index is 577. The quantitative estimate of drug-likeness (QED) is 0.870. The molecule has 1 aliphatic rings. The van der Waals surface area contributed by atoms with Crippen molar-refractivity contribution in [1.82, 2.24) is 9.71 Å². The summed E-state index contributed by atoms with van der Waals surface area (Å²) in [5.41, 5.74) is 1.30. The first kappa shape index (κ1) is 13.8. The van der Waals surface area contributed by atoms with Crippen LogP contribution in [0.4, 0.5) is 5.69 Å². The molecule has 6 nitrogen and oxygen atoms in total. The summed E-state index contributed by atoms with van der Waals surface area (Å²) in [6.45, 7) is 1.50. The van der Waals surface area contributed by atoms with Crippen LogP contribution in [-0.2, 0) is 10.0 Å². The highest BCUT2D eigenvalue weighted by Crippen LogP contribution is 2.19. The van der Waals surface area contributed by atoms with E-state index in [-0.39, 0.29) is 6.04 Å². The van der Waals surface area contributed by atoms with E-state index in [1.165, 1.54) is 6.26 Å². The van der Waals surface area contributed by atoms with Gasteiger partial charge in [-0.1, -0.05) is 0 Å². The molecule has 0 aliphatic carbocycles. The van der Waals surface area contributed by atoms with Crippen LogP contribution in [0.5, 0.6) is 0 Å². The minimum absolute atomic E-state index is 0.0700. The molecule has 102 valence electrons. The third kappa shape index (κ3) is 3.91. The van der Waals surface area contributed by atoms with E-state index >= 15 is 0 Å². The number of anilines is 1. The number of rotatable bonds is 3. The van der Waals surface area contributed by atoms with Gasteiger partial charge in [0.2, 0.25) is 10.0 Å². The van der Waals surface area contributed by atoms with Gasteiger partial charge in [-0.3, -0.25) is 0 Å². The first-order valence-corrected chi connectivity index (χ1v) is 7.95. The van der Waals surface area contributed by atoms with Crippen LogP contribution in [0.3, 0.4) is 0 Å². The molecular formula is C12H16N4O2S. The van der Waals surface area contributed by atoms with Crippen LogP contribution in [0.25, 0.3) is 0 Å². The molecule has 0 spiro atoms. The third-order valence-electron chi connectivity index (χ3n) is 3.03. The van der Waals surface area contributed by atoms with E-state index in [0.29, 0.717) is 12.2 Å². The Kier molecular flexibility index (Phi) is 4.02. The fraction of sp³-hybridized carbons (Fsp3) is 0.500. The number of sulfonamides is 1. The molecule has 0 amide bonds. The summed E-state index contributed by atoms with van der Waals surface area (Å²) in [5, 5.41) is 8.71. The molecule has 1 aromatic rings. The molecule has 1 N–H and O–H groups in total. The van der Waals surface area contributed by atoms with Crippen molar-refractivity contribution in [3.05, 3.63) is 24.0 Å². The molecule has 1 aliphatic heterocycles. The molecule has 2 heterocycles. The zero-order valence-corrected chi connectivity index (χ0v) is 11.5. The number of aromatic nitrogens is 1. The molecule has 1 fully saturated rings. The average molecular weight is 280 g/mol. The standard InChI is InChI=1S/C12H16N4O2S/c1-19(17,18)15-11-3-2-6-16(9-11)12-5-4-10(7-13)14-8-12/h4-5,8,11,15H,2-3,6,9H2,1H3. The molecule has 2 rings (SSSR count). The van der Waals surface area contributed by atoms with Crippen molar-refractivity contribution in [2.24, 2.45) is 0 Å². The molecule has 1 unspecified atom stereocenters. The van der Waals surface area contributed by atoms with Crippen molar-refractivity contribution in [2.75, 3.05) is 24.2 Å². The molecule has 0 bridgehead atoms. The molecule has 1 aromatic heterocycles. The van der Waals surface area contributed by atoms with Crippen molar-refractivity contribution in [3.63, 3.8) is 0 Å². The lowest BCUT2D eigenvalue weighted by Gasteiger charge is -2.34. The van der Waals surface area contributed by atoms with Gasteiger partial charge in [0.05, 0.1) is 18.1 Å². The Morgan fingerprint density at radius 2 is 2.32 bits per heavy atom. The van der Waals surface area contributed by atoms with Crippen LogP contribution in [0.1, 0.15) is 18.5 Å². The lowest BCUT2D eigenvalue weighted by Crippen LogP contribution is -2.47. The highest BCUT2D eigenvalue weighted by molar-refractivity contribution is 7.88. The first-order chi connectivity index (χ1) is 8.98. The maximum absolute atomic E-state index is 11.2. The zero-order valence-electron chi connectivity index (χ0n) is 10.7. The number of nitrogens with one attached hydrogen (secondary N) is 1. The number of pyridine rings is 1. The minimum Gasteiger partial charge on any atom is -0.369 e. The van der Waals surface area contributed by atoms with Gasteiger partial charge in [0.25, 0.3) is 0 Å². The van der Waals surface area contributed by atoms with Crippen LogP contribution < -0.4 is 9.62 Å². The average Bonchev–Trinajstić information content (AvgIpc) is 2.37. The Morgan fingerprint density at radius 3 is 2.89 bits per heavy atom. The second kappa shape index (κ2) is 5.55. The maximum Gasteiger partial charge on any atom is 0.209 e. The summed E-state index contributed by atoms with van der Waals surface area (Å²) >= 11 is 0. The van der Waals surface area contributed by atoms with E-state index in [0.717, 1.165) is 25.1 Å². The monoisotopic (exact) mass is 280 g/mol. The van der Waals surface area contributed by atoms with E-state index in [2.05, 4.69) is 14.6 Å². The van der Waals surface area contributed by atoms with E-state index in [1.54, 1.807) is 12.3 Å². The number of nitriles is 1. The molecule has 19 heavy (non-hydrogen) atoms. The summed E-state index contributed by atoms with van der Waals surface area (Å²) in [5.74, 6) is 0. The van der Waals surface area contributed by atoms with Gasteiger partial charge in [0.15, 0.2) is 0 Å². The van der Waals surface area contributed by atoms with Gasteiger partial charge in [-0.15, -0.1) is 0 Å². The molecule has 1 saturated heterocycles. The summed E-state index contributed by atoms with van der Waals surface area (Å²) in [4.78, 5) is 6.11. The van der Waals surface area contributed by atoms with Crippen LogP contribution in [0.15, 0.2) is 18.3 Å². The predicted octanol–water partition coefficient (Wildman–Crippen LogP) is 0.471. The Labute approximate surface area is 113 Å². The predicted molar refractivity (Wildman–Crippen MR) is 72.2 cm³/mol. The van der Waals surface area contributed by atoms with Crippen molar-refractivity contribution in [1.29, 1.82) is 5.26 Å². The molecule has 7 heteroatoms. The largest absolute Gasteiger partial charge is 0.369 e. The smallest absolute Gasteiger partial charge is 0.209 e. The van der Waals surface area contributed by atoms with Crippen LogP contribution in [-0.4, -0.2) is 38.8 Å².